The van der Waals surface area contributed by atoms with Crippen LogP contribution in [0.4, 0.5) is 0 Å². The number of benzene rings is 2. The van der Waals surface area contributed by atoms with E-state index >= 15 is 0 Å². The van der Waals surface area contributed by atoms with E-state index in [1.807, 2.05) is 6.07 Å². The maximum Gasteiger partial charge on any atom is 0.201 e. The van der Waals surface area contributed by atoms with Crippen molar-refractivity contribution in [3.8, 4) is 23.0 Å². The lowest BCUT2D eigenvalue weighted by Crippen LogP contribution is -2.42. The van der Waals surface area contributed by atoms with Crippen LogP contribution in [0.5, 0.6) is 23.0 Å². The fourth-order valence-corrected chi connectivity index (χ4v) is 4.51. The number of nitrogens with one attached hydrogen (secondary N) is 1. The van der Waals surface area contributed by atoms with Gasteiger partial charge in [0.15, 0.2) is 11.5 Å². The van der Waals surface area contributed by atoms with Gasteiger partial charge >= 0.3 is 0 Å². The smallest absolute Gasteiger partial charge is 0.201 e. The van der Waals surface area contributed by atoms with E-state index in [2.05, 4.69) is 39.1 Å². The third-order valence-corrected chi connectivity index (χ3v) is 5.79. The van der Waals surface area contributed by atoms with Gasteiger partial charge in [-0.2, -0.15) is 0 Å². The first-order valence-electron chi connectivity index (χ1n) is 9.06. The Morgan fingerprint density at radius 3 is 2.64 bits per heavy atom. The zero-order valence-corrected chi connectivity index (χ0v) is 15.2. The summed E-state index contributed by atoms with van der Waals surface area (Å²) in [6.45, 7) is 8.69. The minimum atomic E-state index is -0.175. The molecule has 2 aromatic carbocycles. The van der Waals surface area contributed by atoms with Gasteiger partial charge in [-0.25, -0.2) is 0 Å². The molecule has 4 rings (SSSR count). The Morgan fingerprint density at radius 1 is 1.16 bits per heavy atom. The molecule has 3 N–H and O–H groups in total. The van der Waals surface area contributed by atoms with Crippen molar-refractivity contribution in [3.05, 3.63) is 46.0 Å². The average Bonchev–Trinajstić information content (AvgIpc) is 2.57. The van der Waals surface area contributed by atoms with Gasteiger partial charge in [0.2, 0.25) is 5.75 Å². The van der Waals surface area contributed by atoms with E-state index in [4.69, 9.17) is 4.74 Å². The van der Waals surface area contributed by atoms with Crippen LogP contribution in [0.2, 0.25) is 0 Å². The number of fused-ring (bicyclic) bond motifs is 2. The van der Waals surface area contributed by atoms with Crippen LogP contribution in [-0.2, 0) is 0 Å². The maximum atomic E-state index is 10.3. The van der Waals surface area contributed by atoms with Gasteiger partial charge in [0.05, 0.1) is 0 Å². The molecular weight excluding hydrogens is 314 g/mol. The number of phenols is 2. The van der Waals surface area contributed by atoms with Gasteiger partial charge in [-0.3, -0.25) is 0 Å². The highest BCUT2D eigenvalue weighted by Crippen LogP contribution is 2.56. The molecule has 0 saturated carbocycles. The third kappa shape index (κ3) is 2.24. The van der Waals surface area contributed by atoms with Crippen molar-refractivity contribution < 1.29 is 14.9 Å². The molecule has 0 amide bonds. The summed E-state index contributed by atoms with van der Waals surface area (Å²) in [4.78, 5) is 0. The summed E-state index contributed by atoms with van der Waals surface area (Å²) in [5.41, 5.74) is 6.02. The second-order valence-electron chi connectivity index (χ2n) is 7.37. The fourth-order valence-electron chi connectivity index (χ4n) is 4.51. The van der Waals surface area contributed by atoms with E-state index in [-0.39, 0.29) is 23.5 Å². The molecule has 0 saturated heterocycles. The van der Waals surface area contributed by atoms with Gasteiger partial charge in [-0.15, -0.1) is 0 Å². The van der Waals surface area contributed by atoms with Crippen LogP contribution in [0.3, 0.4) is 0 Å². The molecule has 4 heteroatoms. The monoisotopic (exact) mass is 339 g/mol. The standard InChI is InChI=1S/C21H25NO3/c1-5-6-14-17-11(3)10(2)9-16-19(17)18(12(4)22-14)13-7-8-15(23)20(24)21(13)25-16/h7-9,12,14,18,22-24H,5-6H2,1-4H3. The van der Waals surface area contributed by atoms with E-state index in [1.165, 1.54) is 22.3 Å². The molecule has 0 spiro atoms. The van der Waals surface area contributed by atoms with Gasteiger partial charge < -0.3 is 20.3 Å². The molecular formula is C21H25NO3. The molecule has 132 valence electrons. The molecule has 0 bridgehead atoms. The van der Waals surface area contributed by atoms with E-state index < -0.39 is 0 Å². The Morgan fingerprint density at radius 2 is 1.92 bits per heavy atom. The molecule has 2 aliphatic heterocycles. The predicted octanol–water partition coefficient (Wildman–Crippen LogP) is 4.79. The SMILES string of the molecule is CCCC1NC(C)C2c3ccc(O)c(O)c3Oc3cc(C)c(C)c1c32. The summed E-state index contributed by atoms with van der Waals surface area (Å²) in [5.74, 6) is 0.977. The van der Waals surface area contributed by atoms with Gasteiger partial charge in [-0.05, 0) is 56.0 Å². The first kappa shape index (κ1) is 16.3. The first-order valence-corrected chi connectivity index (χ1v) is 9.06. The number of phenolic OH excluding ortho intramolecular Hbond substituents is 2. The van der Waals surface area contributed by atoms with E-state index in [1.54, 1.807) is 6.07 Å². The lowest BCUT2D eigenvalue weighted by Gasteiger charge is -2.43. The summed E-state index contributed by atoms with van der Waals surface area (Å²) in [6, 6.07) is 6.02. The summed E-state index contributed by atoms with van der Waals surface area (Å²) < 4.78 is 6.11. The van der Waals surface area contributed by atoms with Crippen LogP contribution in [0.1, 0.15) is 66.5 Å². The van der Waals surface area contributed by atoms with Gasteiger partial charge in [0.25, 0.3) is 0 Å². The maximum absolute atomic E-state index is 10.3. The lowest BCUT2D eigenvalue weighted by molar-refractivity contribution is 0.325. The first-order chi connectivity index (χ1) is 11.9. The summed E-state index contributed by atoms with van der Waals surface area (Å²) in [6.07, 6.45) is 2.20. The van der Waals surface area contributed by atoms with Crippen LogP contribution in [-0.4, -0.2) is 16.3 Å². The molecule has 0 radical (unpaired) electrons. The van der Waals surface area contributed by atoms with E-state index in [0.29, 0.717) is 11.8 Å². The third-order valence-electron chi connectivity index (χ3n) is 5.79. The second kappa shape index (κ2) is 5.67. The second-order valence-corrected chi connectivity index (χ2v) is 7.37. The van der Waals surface area contributed by atoms with Crippen molar-refractivity contribution in [2.45, 2.75) is 58.5 Å². The molecule has 2 aromatic rings. The van der Waals surface area contributed by atoms with Crippen LogP contribution in [0, 0.1) is 13.8 Å². The molecule has 0 fully saturated rings. The van der Waals surface area contributed by atoms with Crippen LogP contribution in [0.15, 0.2) is 18.2 Å². The molecule has 2 heterocycles. The Labute approximate surface area is 148 Å². The highest BCUT2D eigenvalue weighted by Gasteiger charge is 2.41. The van der Waals surface area contributed by atoms with Crippen molar-refractivity contribution in [3.63, 3.8) is 0 Å². The number of aryl methyl sites for hydroxylation is 1. The summed E-state index contributed by atoms with van der Waals surface area (Å²) in [7, 11) is 0. The van der Waals surface area contributed by atoms with E-state index in [9.17, 15) is 10.2 Å². The average molecular weight is 339 g/mol. The van der Waals surface area contributed by atoms with Crippen molar-refractivity contribution in [1.82, 2.24) is 5.32 Å². The Hall–Kier alpha value is -2.20. The Bertz CT molecular complexity index is 859. The zero-order valence-electron chi connectivity index (χ0n) is 15.2. The number of hydrogen-bond acceptors (Lipinski definition) is 4. The molecule has 0 aliphatic carbocycles. The van der Waals surface area contributed by atoms with Crippen LogP contribution >= 0.6 is 0 Å². The molecule has 4 nitrogen and oxygen atoms in total. The predicted molar refractivity (Wildman–Crippen MR) is 97.9 cm³/mol. The van der Waals surface area contributed by atoms with Gasteiger partial charge in [-0.1, -0.05) is 19.4 Å². The van der Waals surface area contributed by atoms with Gasteiger partial charge in [0, 0.05) is 29.1 Å². The number of ether oxygens (including phenoxy) is 1. The normalized spacial score (nSPS) is 23.6. The van der Waals surface area contributed by atoms with Crippen molar-refractivity contribution in [1.29, 1.82) is 0 Å². The van der Waals surface area contributed by atoms with Crippen molar-refractivity contribution >= 4 is 0 Å². The van der Waals surface area contributed by atoms with Gasteiger partial charge in [0.1, 0.15) is 5.75 Å². The zero-order chi connectivity index (χ0) is 17.9. The highest BCUT2D eigenvalue weighted by atomic mass is 16.5. The minimum Gasteiger partial charge on any atom is -0.504 e. The van der Waals surface area contributed by atoms with Crippen LogP contribution in [0.25, 0.3) is 0 Å². The topological polar surface area (TPSA) is 61.7 Å². The Kier molecular flexibility index (Phi) is 3.69. The summed E-state index contributed by atoms with van der Waals surface area (Å²) >= 11 is 0. The fraction of sp³-hybridized carbons (Fsp3) is 0.429. The van der Waals surface area contributed by atoms with Crippen molar-refractivity contribution in [2.24, 2.45) is 0 Å². The van der Waals surface area contributed by atoms with Crippen molar-refractivity contribution in [2.75, 3.05) is 0 Å². The Balaban J connectivity index is 2.00. The number of aromatic hydroxyl groups is 2. The molecule has 25 heavy (non-hydrogen) atoms. The quantitative estimate of drug-likeness (QED) is 0.689. The van der Waals surface area contributed by atoms with E-state index in [0.717, 1.165) is 24.2 Å². The van der Waals surface area contributed by atoms with Crippen LogP contribution < -0.4 is 10.1 Å². The molecule has 3 unspecified atom stereocenters. The highest BCUT2D eigenvalue weighted by molar-refractivity contribution is 5.67. The molecule has 2 aliphatic rings. The minimum absolute atomic E-state index is 0.104. The lowest BCUT2D eigenvalue weighted by atomic mass is 9.73. The number of rotatable bonds is 2. The number of hydrogen-bond donors (Lipinski definition) is 3. The summed E-state index contributed by atoms with van der Waals surface area (Å²) in [5, 5.41) is 24.0. The molecule has 3 atom stereocenters. The molecule has 0 aromatic heterocycles. The largest absolute Gasteiger partial charge is 0.504 e.